The van der Waals surface area contributed by atoms with Crippen molar-refractivity contribution in [2.45, 2.75) is 11.9 Å². The molecule has 4 amide bonds. The molecule has 0 saturated heterocycles. The van der Waals surface area contributed by atoms with Crippen LogP contribution in [-0.4, -0.2) is 114 Å². The van der Waals surface area contributed by atoms with Gasteiger partial charge in [0.05, 0.1) is 66.0 Å². The third-order valence-electron chi connectivity index (χ3n) is 6.33. The van der Waals surface area contributed by atoms with Crippen molar-refractivity contribution < 1.29 is 54.3 Å². The van der Waals surface area contributed by atoms with Crippen molar-refractivity contribution in [1.29, 1.82) is 0 Å². The number of sulfonamides is 1. The minimum atomic E-state index is -4.49. The molecule has 0 bridgehead atoms. The number of nitrogens with one attached hydrogen (secondary N) is 4. The maximum atomic E-state index is 12.8. The first-order valence-corrected chi connectivity index (χ1v) is 18.3. The van der Waals surface area contributed by atoms with E-state index in [9.17, 15) is 26.4 Å². The summed E-state index contributed by atoms with van der Waals surface area (Å²) in [5.74, 6) is 0.162. The summed E-state index contributed by atoms with van der Waals surface area (Å²) in [5, 5.41) is 19.3. The van der Waals surface area contributed by atoms with Crippen molar-refractivity contribution in [3.8, 4) is 46.4 Å². The number of hydrogen-bond donors (Lipinski definition) is 4. The van der Waals surface area contributed by atoms with Gasteiger partial charge in [-0.1, -0.05) is 12.1 Å². The molecule has 0 spiro atoms. The first-order valence-electron chi connectivity index (χ1n) is 15.4. The fourth-order valence-electron chi connectivity index (χ4n) is 4.10. The summed E-state index contributed by atoms with van der Waals surface area (Å²) in [6, 6.07) is 6.65. The Hall–Kier alpha value is -7.10. The lowest BCUT2D eigenvalue weighted by Gasteiger charge is -2.12. The van der Waals surface area contributed by atoms with Gasteiger partial charge in [-0.2, -0.15) is 46.7 Å². The van der Waals surface area contributed by atoms with Crippen LogP contribution in [0.4, 0.5) is 21.5 Å². The number of aryl methyl sites for hydroxylation is 2. The fourth-order valence-corrected chi connectivity index (χ4v) is 6.01. The zero-order valence-corrected chi connectivity index (χ0v) is 32.1. The highest BCUT2D eigenvalue weighted by Crippen LogP contribution is 2.28. The summed E-state index contributed by atoms with van der Waals surface area (Å²) >= 11 is 0. The van der Waals surface area contributed by atoms with Crippen LogP contribution in [0.3, 0.4) is 0 Å². The van der Waals surface area contributed by atoms with Gasteiger partial charge in [-0.15, -0.1) is 10.2 Å². The van der Waals surface area contributed by atoms with Gasteiger partial charge in [0, 0.05) is 7.05 Å². The number of anilines is 2. The van der Waals surface area contributed by atoms with Gasteiger partial charge < -0.3 is 27.9 Å². The lowest BCUT2D eigenvalue weighted by atomic mass is 10.3. The van der Waals surface area contributed by atoms with Crippen LogP contribution < -0.4 is 47.9 Å². The van der Waals surface area contributed by atoms with E-state index in [4.69, 9.17) is 27.9 Å². The van der Waals surface area contributed by atoms with Crippen LogP contribution in [0.1, 0.15) is 6.92 Å². The summed E-state index contributed by atoms with van der Waals surface area (Å²) in [6.07, 6.45) is 1.25. The van der Waals surface area contributed by atoms with E-state index in [-0.39, 0.29) is 63.3 Å². The second-order valence-electron chi connectivity index (χ2n) is 10.2. The van der Waals surface area contributed by atoms with Crippen molar-refractivity contribution in [3.05, 3.63) is 42.6 Å². The standard InChI is InChI=1S/C15H18N4O7S.C13H16N10O5S/c1-4-25-10-7-5-6-8-11(10)26-27(21,22)19-15(20)18-14-16-12(23-2)9-13(17-14)24-3;1-22-11(7(6-14-22)10-18-21-23(2)19-10)29(25,26)20-13(24)17-12-15-8(27-3)5-9(16-12)28-4/h5-9H,4H2,1-3H3,(H2,16,17,18,19,20);5-6H,1-4H3,(H2,15,16,17,20,24). The van der Waals surface area contributed by atoms with Gasteiger partial charge in [0.1, 0.15) is 0 Å². The molecule has 26 nitrogen and oxygen atoms in total. The van der Waals surface area contributed by atoms with Crippen molar-refractivity contribution in [2.75, 3.05) is 45.7 Å². The van der Waals surface area contributed by atoms with E-state index in [1.807, 2.05) is 4.72 Å². The lowest BCUT2D eigenvalue weighted by molar-refractivity contribution is 0.254. The number of nitrogens with zero attached hydrogens (tertiary/aromatic N) is 10. The number of carbonyl (C=O) groups is 2. The number of tetrazole rings is 1. The molecule has 5 rings (SSSR count). The normalized spacial score (nSPS) is 10.9. The lowest BCUT2D eigenvalue weighted by Crippen LogP contribution is -2.37. The van der Waals surface area contributed by atoms with Gasteiger partial charge in [0.2, 0.25) is 41.2 Å². The molecule has 300 valence electrons. The minimum absolute atomic E-state index is 0.0299. The topological polar surface area (TPSA) is 319 Å². The maximum Gasteiger partial charge on any atom is 0.411 e. The Bertz CT molecular complexity index is 2350. The SMILES string of the molecule is CCOc1ccccc1OS(=O)(=O)NC(=O)Nc1nc(OC)cc(OC)n1.COc1cc(OC)nc(NC(=O)NS(=O)(=O)c2c(-c3nnn(C)n3)cnn2C)n1. The number of aromatic nitrogens is 10. The van der Waals surface area contributed by atoms with E-state index >= 15 is 0 Å². The third kappa shape index (κ3) is 11.2. The molecule has 0 radical (unpaired) electrons. The zero-order chi connectivity index (χ0) is 41.0. The smallest absolute Gasteiger partial charge is 0.411 e. The molecule has 4 aromatic heterocycles. The molecule has 0 aliphatic carbocycles. The second kappa shape index (κ2) is 18.3. The highest BCUT2D eigenvalue weighted by molar-refractivity contribution is 7.90. The summed E-state index contributed by atoms with van der Waals surface area (Å²) in [4.78, 5) is 40.8. The van der Waals surface area contributed by atoms with Crippen LogP contribution in [0.5, 0.6) is 35.0 Å². The van der Waals surface area contributed by atoms with Crippen LogP contribution in [0.2, 0.25) is 0 Å². The molecule has 5 aromatic rings. The number of methoxy groups -OCH3 is 4. The molecule has 0 aliphatic rings. The molecule has 1 aromatic carbocycles. The summed E-state index contributed by atoms with van der Waals surface area (Å²) in [7, 11) is -0.492. The first-order chi connectivity index (χ1) is 26.6. The van der Waals surface area contributed by atoms with Gasteiger partial charge in [-0.25, -0.2) is 19.0 Å². The highest BCUT2D eigenvalue weighted by Gasteiger charge is 2.29. The van der Waals surface area contributed by atoms with Crippen molar-refractivity contribution >= 4 is 44.3 Å². The Morgan fingerprint density at radius 2 is 1.25 bits per heavy atom. The monoisotopic (exact) mass is 822 g/mol. The number of ether oxygens (including phenoxy) is 5. The van der Waals surface area contributed by atoms with E-state index in [0.717, 1.165) is 9.48 Å². The van der Waals surface area contributed by atoms with Crippen molar-refractivity contribution in [3.63, 3.8) is 0 Å². The van der Waals surface area contributed by atoms with E-state index in [1.54, 1.807) is 23.8 Å². The molecule has 0 saturated carbocycles. The molecular weight excluding hydrogens is 789 g/mol. The minimum Gasteiger partial charge on any atom is -0.490 e. The molecule has 0 unspecified atom stereocenters. The van der Waals surface area contributed by atoms with Crippen LogP contribution in [-0.2, 0) is 34.4 Å². The van der Waals surface area contributed by atoms with Gasteiger partial charge in [0.15, 0.2) is 16.5 Å². The number of urea groups is 2. The number of hydrogen-bond acceptors (Lipinski definition) is 20. The molecule has 0 atom stereocenters. The zero-order valence-electron chi connectivity index (χ0n) is 30.4. The van der Waals surface area contributed by atoms with E-state index in [0.29, 0.717) is 6.61 Å². The molecule has 4 heterocycles. The number of carbonyl (C=O) groups excluding carboxylic acids is 2. The summed E-state index contributed by atoms with van der Waals surface area (Å²) in [5.41, 5.74) is 0.0696. The van der Waals surface area contributed by atoms with Crippen LogP contribution >= 0.6 is 0 Å². The van der Waals surface area contributed by atoms with E-state index in [1.165, 1.54) is 73.0 Å². The van der Waals surface area contributed by atoms with Crippen molar-refractivity contribution in [1.82, 2.24) is 59.4 Å². The Balaban J connectivity index is 0.000000249. The summed E-state index contributed by atoms with van der Waals surface area (Å²) in [6.45, 7) is 2.04. The second-order valence-corrected chi connectivity index (χ2v) is 13.1. The Kier molecular flexibility index (Phi) is 13.6. The molecule has 56 heavy (non-hydrogen) atoms. The molecule has 4 N–H and O–H groups in total. The average molecular weight is 823 g/mol. The third-order valence-corrected chi connectivity index (χ3v) is 8.61. The van der Waals surface area contributed by atoms with Crippen LogP contribution in [0, 0.1) is 0 Å². The van der Waals surface area contributed by atoms with Gasteiger partial charge in [0.25, 0.3) is 10.0 Å². The predicted octanol–water partition coefficient (Wildman–Crippen LogP) is 0.266. The Labute approximate surface area is 318 Å². The van der Waals surface area contributed by atoms with E-state index < -0.39 is 32.4 Å². The highest BCUT2D eigenvalue weighted by atomic mass is 32.2. The van der Waals surface area contributed by atoms with Gasteiger partial charge in [-0.05, 0) is 24.3 Å². The fraction of sp³-hybridized carbons (Fsp3) is 0.286. The van der Waals surface area contributed by atoms with E-state index in [2.05, 4.69) is 51.1 Å². The molecule has 28 heteroatoms. The largest absolute Gasteiger partial charge is 0.490 e. The van der Waals surface area contributed by atoms with Crippen LogP contribution in [0.15, 0.2) is 47.6 Å². The maximum absolute atomic E-state index is 12.8. The molecular formula is C28H34N14O12S2. The summed E-state index contributed by atoms with van der Waals surface area (Å²) < 4.78 is 84.2. The first kappa shape index (κ1) is 41.7. The quantitative estimate of drug-likeness (QED) is 0.117. The average Bonchev–Trinajstić information content (AvgIpc) is 3.76. The number of rotatable bonds is 14. The molecule has 0 fully saturated rings. The number of amides is 4. The number of para-hydroxylation sites is 2. The molecule has 0 aliphatic heterocycles. The van der Waals surface area contributed by atoms with Gasteiger partial charge in [-0.3, -0.25) is 15.3 Å². The van der Waals surface area contributed by atoms with Gasteiger partial charge >= 0.3 is 22.4 Å². The number of benzene rings is 1. The van der Waals surface area contributed by atoms with Crippen LogP contribution in [0.25, 0.3) is 11.4 Å². The predicted molar refractivity (Wildman–Crippen MR) is 190 cm³/mol. The Morgan fingerprint density at radius 3 is 1.71 bits per heavy atom. The Morgan fingerprint density at radius 1 is 0.750 bits per heavy atom. The van der Waals surface area contributed by atoms with Crippen molar-refractivity contribution in [2.24, 2.45) is 14.1 Å².